The van der Waals surface area contributed by atoms with Crippen molar-refractivity contribution in [1.29, 1.82) is 0 Å². The van der Waals surface area contributed by atoms with Gasteiger partial charge >= 0.3 is 0 Å². The van der Waals surface area contributed by atoms with Gasteiger partial charge in [0.15, 0.2) is 17.2 Å². The second-order valence-electron chi connectivity index (χ2n) is 7.72. The van der Waals surface area contributed by atoms with Crippen LogP contribution < -0.4 is 9.47 Å². The molecule has 0 aliphatic carbocycles. The summed E-state index contributed by atoms with van der Waals surface area (Å²) in [6.07, 6.45) is 4.04. The first kappa shape index (κ1) is 18.4. The van der Waals surface area contributed by atoms with Gasteiger partial charge in [0, 0.05) is 39.3 Å². The molecule has 1 amide bonds. The number of aromatic nitrogens is 3. The third-order valence-corrected chi connectivity index (χ3v) is 5.68. The molecule has 0 spiro atoms. The molecule has 3 aliphatic heterocycles. The molecule has 3 aliphatic rings. The van der Waals surface area contributed by atoms with E-state index in [1.807, 2.05) is 17.0 Å². The van der Waals surface area contributed by atoms with Crippen LogP contribution in [0.4, 0.5) is 0 Å². The van der Waals surface area contributed by atoms with Crippen LogP contribution in [0, 0.1) is 0 Å². The Bertz CT molecular complexity index is 872. The summed E-state index contributed by atoms with van der Waals surface area (Å²) in [5.41, 5.74) is 1.60. The molecular weight excluding hydrogens is 374 g/mol. The number of ether oxygens (including phenoxy) is 3. The molecule has 2 aromatic rings. The summed E-state index contributed by atoms with van der Waals surface area (Å²) in [5, 5.41) is 8.18. The largest absolute Gasteiger partial charge is 0.454 e. The zero-order chi connectivity index (χ0) is 19.6. The molecule has 1 aromatic heterocycles. The summed E-state index contributed by atoms with van der Waals surface area (Å²) in [6, 6.07) is 6.06. The first-order valence-electron chi connectivity index (χ1n) is 10.2. The summed E-state index contributed by atoms with van der Waals surface area (Å²) < 4.78 is 18.2. The lowest BCUT2D eigenvalue weighted by molar-refractivity contribution is 0.0622. The van der Waals surface area contributed by atoms with Crippen molar-refractivity contribution in [2.75, 3.05) is 39.6 Å². The lowest BCUT2D eigenvalue weighted by Gasteiger charge is -2.34. The fourth-order valence-corrected chi connectivity index (χ4v) is 4.05. The predicted octanol–water partition coefficient (Wildman–Crippen LogP) is 1.14. The number of nitrogens with zero attached hydrogens (tertiary/aromatic N) is 5. The Morgan fingerprint density at radius 1 is 1.14 bits per heavy atom. The molecule has 2 fully saturated rings. The van der Waals surface area contributed by atoms with Crippen molar-refractivity contribution in [3.8, 4) is 11.5 Å². The molecule has 0 unspecified atom stereocenters. The maximum Gasteiger partial charge on any atom is 0.276 e. The smallest absolute Gasteiger partial charge is 0.276 e. The van der Waals surface area contributed by atoms with Crippen molar-refractivity contribution >= 4 is 5.91 Å². The van der Waals surface area contributed by atoms with E-state index in [4.69, 9.17) is 14.2 Å². The van der Waals surface area contributed by atoms with E-state index in [0.29, 0.717) is 25.3 Å². The molecule has 2 saturated heterocycles. The van der Waals surface area contributed by atoms with E-state index < -0.39 is 0 Å². The van der Waals surface area contributed by atoms with Gasteiger partial charge in [-0.15, -0.1) is 5.10 Å². The molecule has 9 heteroatoms. The Morgan fingerprint density at radius 3 is 2.83 bits per heavy atom. The van der Waals surface area contributed by atoms with E-state index >= 15 is 0 Å². The number of amides is 1. The lowest BCUT2D eigenvalue weighted by atomic mass is 10.1. The maximum atomic E-state index is 12.8. The number of rotatable bonds is 5. The zero-order valence-corrected chi connectivity index (χ0v) is 16.3. The Kier molecular flexibility index (Phi) is 5.07. The van der Waals surface area contributed by atoms with Crippen LogP contribution in [0.5, 0.6) is 11.5 Å². The average molecular weight is 399 g/mol. The summed E-state index contributed by atoms with van der Waals surface area (Å²) in [7, 11) is 0. The molecule has 0 N–H and O–H groups in total. The van der Waals surface area contributed by atoms with Gasteiger partial charge in [0.25, 0.3) is 5.91 Å². The van der Waals surface area contributed by atoms with Crippen LogP contribution >= 0.6 is 0 Å². The molecule has 0 radical (unpaired) electrons. The third kappa shape index (κ3) is 4.06. The number of carbonyl (C=O) groups excluding carboxylic acids is 1. The highest BCUT2D eigenvalue weighted by Crippen LogP contribution is 2.32. The minimum atomic E-state index is -0.0497. The highest BCUT2D eigenvalue weighted by molar-refractivity contribution is 5.92. The SMILES string of the molecule is O=C(c1cn(C[C@@H]2CCCO2)nn1)N1CCN(Cc2ccc3c(c2)OCO3)CC1. The van der Waals surface area contributed by atoms with E-state index in [2.05, 4.69) is 21.3 Å². The van der Waals surface area contributed by atoms with Gasteiger partial charge in [-0.2, -0.15) is 0 Å². The van der Waals surface area contributed by atoms with Gasteiger partial charge < -0.3 is 19.1 Å². The fourth-order valence-electron chi connectivity index (χ4n) is 4.05. The topological polar surface area (TPSA) is 82.0 Å². The number of hydrogen-bond acceptors (Lipinski definition) is 7. The standard InChI is InChI=1S/C20H25N5O4/c26-20(17-13-25(22-21-17)12-16-2-1-9-27-16)24-7-5-23(6-8-24)11-15-3-4-18-19(10-15)29-14-28-18/h3-4,10,13,16H,1-2,5-9,11-12,14H2/t16-/m0/s1. The number of fused-ring (bicyclic) bond motifs is 1. The molecule has 1 aromatic carbocycles. The van der Waals surface area contributed by atoms with Gasteiger partial charge in [-0.25, -0.2) is 4.68 Å². The van der Waals surface area contributed by atoms with Crippen molar-refractivity contribution in [2.24, 2.45) is 0 Å². The summed E-state index contributed by atoms with van der Waals surface area (Å²) in [5.74, 6) is 1.56. The molecule has 5 rings (SSSR count). The van der Waals surface area contributed by atoms with E-state index in [1.54, 1.807) is 10.9 Å². The molecular formula is C20H25N5O4. The van der Waals surface area contributed by atoms with Crippen molar-refractivity contribution in [1.82, 2.24) is 24.8 Å². The van der Waals surface area contributed by atoms with Crippen LogP contribution in [0.2, 0.25) is 0 Å². The highest BCUT2D eigenvalue weighted by atomic mass is 16.7. The van der Waals surface area contributed by atoms with Gasteiger partial charge in [-0.05, 0) is 30.5 Å². The molecule has 0 saturated carbocycles. The summed E-state index contributed by atoms with van der Waals surface area (Å²) in [6.45, 7) is 5.60. The summed E-state index contributed by atoms with van der Waals surface area (Å²) >= 11 is 0. The second kappa shape index (κ2) is 8.00. The fraction of sp³-hybridized carbons (Fsp3) is 0.550. The molecule has 29 heavy (non-hydrogen) atoms. The maximum absolute atomic E-state index is 12.8. The molecule has 1 atom stereocenters. The van der Waals surface area contributed by atoms with Crippen molar-refractivity contribution in [3.05, 3.63) is 35.7 Å². The van der Waals surface area contributed by atoms with E-state index in [0.717, 1.165) is 50.6 Å². The minimum absolute atomic E-state index is 0.0497. The van der Waals surface area contributed by atoms with E-state index in [9.17, 15) is 4.79 Å². The van der Waals surface area contributed by atoms with Crippen molar-refractivity contribution in [2.45, 2.75) is 32.0 Å². The number of benzene rings is 1. The lowest BCUT2D eigenvalue weighted by Crippen LogP contribution is -2.48. The Hall–Kier alpha value is -2.65. The predicted molar refractivity (Wildman–Crippen MR) is 103 cm³/mol. The van der Waals surface area contributed by atoms with E-state index in [1.165, 1.54) is 5.56 Å². The van der Waals surface area contributed by atoms with Crippen LogP contribution in [0.3, 0.4) is 0 Å². The monoisotopic (exact) mass is 399 g/mol. The van der Waals surface area contributed by atoms with Crippen LogP contribution in [0.15, 0.2) is 24.4 Å². The number of hydrogen-bond donors (Lipinski definition) is 0. The summed E-state index contributed by atoms with van der Waals surface area (Å²) in [4.78, 5) is 17.0. The first-order chi connectivity index (χ1) is 14.2. The Labute approximate surface area is 169 Å². The van der Waals surface area contributed by atoms with Gasteiger partial charge in [0.2, 0.25) is 6.79 Å². The minimum Gasteiger partial charge on any atom is -0.454 e. The molecule has 0 bridgehead atoms. The van der Waals surface area contributed by atoms with Crippen molar-refractivity contribution in [3.63, 3.8) is 0 Å². The van der Waals surface area contributed by atoms with E-state index in [-0.39, 0.29) is 18.8 Å². The average Bonchev–Trinajstić information content (AvgIpc) is 3.50. The quantitative estimate of drug-likeness (QED) is 0.746. The number of carbonyl (C=O) groups is 1. The van der Waals surface area contributed by atoms with Crippen LogP contribution in [-0.4, -0.2) is 76.4 Å². The molecule has 9 nitrogen and oxygen atoms in total. The Morgan fingerprint density at radius 2 is 2.00 bits per heavy atom. The second-order valence-corrected chi connectivity index (χ2v) is 7.72. The molecule has 4 heterocycles. The van der Waals surface area contributed by atoms with Gasteiger partial charge in [-0.3, -0.25) is 9.69 Å². The Balaban J connectivity index is 1.13. The van der Waals surface area contributed by atoms with Gasteiger partial charge in [-0.1, -0.05) is 11.3 Å². The third-order valence-electron chi connectivity index (χ3n) is 5.68. The van der Waals surface area contributed by atoms with Gasteiger partial charge in [0.1, 0.15) is 0 Å². The first-order valence-corrected chi connectivity index (χ1v) is 10.2. The van der Waals surface area contributed by atoms with Crippen LogP contribution in [-0.2, 0) is 17.8 Å². The van der Waals surface area contributed by atoms with Crippen LogP contribution in [0.1, 0.15) is 28.9 Å². The highest BCUT2D eigenvalue weighted by Gasteiger charge is 2.25. The zero-order valence-electron chi connectivity index (χ0n) is 16.3. The normalized spacial score (nSPS) is 21.7. The van der Waals surface area contributed by atoms with Gasteiger partial charge in [0.05, 0.1) is 18.8 Å². The molecule has 154 valence electrons. The number of piperazine rings is 1. The van der Waals surface area contributed by atoms with Crippen molar-refractivity contribution < 1.29 is 19.0 Å². The van der Waals surface area contributed by atoms with Crippen LogP contribution in [0.25, 0.3) is 0 Å².